The highest BCUT2D eigenvalue weighted by molar-refractivity contribution is 6.30. The first-order valence-electron chi connectivity index (χ1n) is 7.85. The van der Waals surface area contributed by atoms with E-state index in [0.29, 0.717) is 16.5 Å². The minimum absolute atomic E-state index is 0.196. The van der Waals surface area contributed by atoms with Gasteiger partial charge in [0.05, 0.1) is 16.9 Å². The van der Waals surface area contributed by atoms with Crippen LogP contribution in [0.2, 0.25) is 5.15 Å². The molecule has 0 spiro atoms. The Kier molecular flexibility index (Phi) is 5.05. The highest BCUT2D eigenvalue weighted by Crippen LogP contribution is 2.26. The van der Waals surface area contributed by atoms with Crippen molar-refractivity contribution in [3.05, 3.63) is 76.6 Å². The molecule has 2 aromatic carbocycles. The topological polar surface area (TPSA) is 56.1 Å². The van der Waals surface area contributed by atoms with Gasteiger partial charge in [-0.2, -0.15) is 5.10 Å². The van der Waals surface area contributed by atoms with Crippen molar-refractivity contribution in [2.45, 2.75) is 13.5 Å². The molecular weight excluding hydrogens is 338 g/mol. The Morgan fingerprint density at radius 3 is 2.56 bits per heavy atom. The summed E-state index contributed by atoms with van der Waals surface area (Å²) in [5, 5.41) is 7.60. The molecule has 0 fully saturated rings. The van der Waals surface area contributed by atoms with Gasteiger partial charge in [-0.1, -0.05) is 41.9 Å². The van der Waals surface area contributed by atoms with Crippen molar-refractivity contribution >= 4 is 17.5 Å². The van der Waals surface area contributed by atoms with Crippen LogP contribution in [0.15, 0.2) is 54.6 Å². The first kappa shape index (κ1) is 17.0. The first-order chi connectivity index (χ1) is 12.1. The summed E-state index contributed by atoms with van der Waals surface area (Å²) in [4.78, 5) is 11.9. The van der Waals surface area contributed by atoms with Crippen molar-refractivity contribution < 1.29 is 9.53 Å². The standard InChI is InChI=1S/C19H18ClN3O2/c1-13-16(18(20)23(22-13)14-8-4-3-5-9-14)12-25-17-11-7-6-10-15(17)19(24)21-2/h3-11H,12H2,1-2H3,(H,21,24). The maximum atomic E-state index is 11.9. The number of aromatic nitrogens is 2. The van der Waals surface area contributed by atoms with Gasteiger partial charge in [-0.05, 0) is 31.2 Å². The number of rotatable bonds is 5. The van der Waals surface area contributed by atoms with Crippen LogP contribution in [-0.2, 0) is 6.61 Å². The van der Waals surface area contributed by atoms with Gasteiger partial charge in [0.2, 0.25) is 0 Å². The molecule has 1 aromatic heterocycles. The van der Waals surface area contributed by atoms with Crippen molar-refractivity contribution in [3.8, 4) is 11.4 Å². The molecule has 1 N–H and O–H groups in total. The number of hydrogen-bond donors (Lipinski definition) is 1. The zero-order valence-electron chi connectivity index (χ0n) is 14.0. The second-order valence-electron chi connectivity index (χ2n) is 5.47. The molecule has 0 radical (unpaired) electrons. The van der Waals surface area contributed by atoms with E-state index in [0.717, 1.165) is 16.9 Å². The lowest BCUT2D eigenvalue weighted by Crippen LogP contribution is -2.18. The maximum Gasteiger partial charge on any atom is 0.254 e. The van der Waals surface area contributed by atoms with E-state index in [1.54, 1.807) is 29.9 Å². The predicted molar refractivity (Wildman–Crippen MR) is 97.5 cm³/mol. The first-order valence-corrected chi connectivity index (χ1v) is 8.23. The summed E-state index contributed by atoms with van der Waals surface area (Å²) in [6.45, 7) is 2.11. The Morgan fingerprint density at radius 1 is 1.16 bits per heavy atom. The Balaban J connectivity index is 1.86. The van der Waals surface area contributed by atoms with Crippen LogP contribution in [-0.4, -0.2) is 22.7 Å². The lowest BCUT2D eigenvalue weighted by molar-refractivity contribution is 0.0958. The number of ether oxygens (including phenoxy) is 1. The molecule has 0 aliphatic heterocycles. The lowest BCUT2D eigenvalue weighted by atomic mass is 10.2. The second-order valence-corrected chi connectivity index (χ2v) is 5.82. The Hall–Kier alpha value is -2.79. The van der Waals surface area contributed by atoms with Crippen LogP contribution in [0, 0.1) is 6.92 Å². The van der Waals surface area contributed by atoms with Crippen molar-refractivity contribution in [1.29, 1.82) is 0 Å². The van der Waals surface area contributed by atoms with E-state index in [1.165, 1.54) is 0 Å². The largest absolute Gasteiger partial charge is 0.488 e. The summed E-state index contributed by atoms with van der Waals surface area (Å²) >= 11 is 6.50. The third-order valence-corrected chi connectivity index (χ3v) is 4.24. The summed E-state index contributed by atoms with van der Waals surface area (Å²) < 4.78 is 7.54. The SMILES string of the molecule is CNC(=O)c1ccccc1OCc1c(C)nn(-c2ccccc2)c1Cl. The molecule has 25 heavy (non-hydrogen) atoms. The molecule has 0 aliphatic carbocycles. The molecule has 3 aromatic rings. The monoisotopic (exact) mass is 355 g/mol. The molecule has 0 saturated carbocycles. The molecular formula is C19H18ClN3O2. The Bertz CT molecular complexity index is 891. The van der Waals surface area contributed by atoms with E-state index in [1.807, 2.05) is 43.3 Å². The average Bonchev–Trinajstić information content (AvgIpc) is 2.94. The van der Waals surface area contributed by atoms with Crippen molar-refractivity contribution in [3.63, 3.8) is 0 Å². The van der Waals surface area contributed by atoms with Gasteiger partial charge in [-0.15, -0.1) is 0 Å². The van der Waals surface area contributed by atoms with Crippen molar-refractivity contribution in [2.75, 3.05) is 7.05 Å². The number of para-hydroxylation sites is 2. The number of carbonyl (C=O) groups is 1. The van der Waals surface area contributed by atoms with E-state index >= 15 is 0 Å². The number of nitrogens with zero attached hydrogens (tertiary/aromatic N) is 2. The molecule has 0 saturated heterocycles. The van der Waals surface area contributed by atoms with Gasteiger partial charge in [0.15, 0.2) is 0 Å². The molecule has 6 heteroatoms. The van der Waals surface area contributed by atoms with Crippen LogP contribution >= 0.6 is 11.6 Å². The smallest absolute Gasteiger partial charge is 0.254 e. The third-order valence-electron chi connectivity index (χ3n) is 3.85. The van der Waals surface area contributed by atoms with Crippen LogP contribution in [0.25, 0.3) is 5.69 Å². The number of hydrogen-bond acceptors (Lipinski definition) is 3. The normalized spacial score (nSPS) is 10.5. The van der Waals surface area contributed by atoms with Crippen LogP contribution in [0.5, 0.6) is 5.75 Å². The van der Waals surface area contributed by atoms with E-state index in [4.69, 9.17) is 16.3 Å². The van der Waals surface area contributed by atoms with Crippen LogP contribution in [0.4, 0.5) is 0 Å². The zero-order chi connectivity index (χ0) is 17.8. The summed E-state index contributed by atoms with van der Waals surface area (Å²) in [5.41, 5.74) is 2.94. The molecule has 0 atom stereocenters. The van der Waals surface area contributed by atoms with E-state index in [9.17, 15) is 4.79 Å². The Morgan fingerprint density at radius 2 is 1.84 bits per heavy atom. The van der Waals surface area contributed by atoms with Crippen molar-refractivity contribution in [1.82, 2.24) is 15.1 Å². The highest BCUT2D eigenvalue weighted by atomic mass is 35.5. The second kappa shape index (κ2) is 7.40. The van der Waals surface area contributed by atoms with E-state index < -0.39 is 0 Å². The van der Waals surface area contributed by atoms with Gasteiger partial charge in [-0.3, -0.25) is 4.79 Å². The third kappa shape index (κ3) is 3.51. The van der Waals surface area contributed by atoms with Crippen molar-refractivity contribution in [2.24, 2.45) is 0 Å². The Labute approximate surface area is 151 Å². The number of carbonyl (C=O) groups excluding carboxylic acids is 1. The van der Waals surface area contributed by atoms with Gasteiger partial charge in [0, 0.05) is 12.6 Å². The van der Waals surface area contributed by atoms with E-state index in [2.05, 4.69) is 10.4 Å². The number of amides is 1. The fourth-order valence-corrected chi connectivity index (χ4v) is 2.83. The molecule has 0 bridgehead atoms. The minimum atomic E-state index is -0.196. The van der Waals surface area contributed by atoms with Crippen LogP contribution < -0.4 is 10.1 Å². The number of nitrogens with one attached hydrogen (secondary N) is 1. The fraction of sp³-hybridized carbons (Fsp3) is 0.158. The minimum Gasteiger partial charge on any atom is -0.488 e. The number of aryl methyl sites for hydroxylation is 1. The predicted octanol–water partition coefficient (Wildman–Crippen LogP) is 3.77. The van der Waals surface area contributed by atoms with E-state index in [-0.39, 0.29) is 12.5 Å². The highest BCUT2D eigenvalue weighted by Gasteiger charge is 2.17. The molecule has 3 rings (SSSR count). The summed E-state index contributed by atoms with van der Waals surface area (Å²) in [6.07, 6.45) is 0. The van der Waals surface area contributed by atoms with Gasteiger partial charge in [0.25, 0.3) is 5.91 Å². The quantitative estimate of drug-likeness (QED) is 0.758. The molecule has 0 unspecified atom stereocenters. The summed E-state index contributed by atoms with van der Waals surface area (Å²) in [6, 6.07) is 16.8. The van der Waals surface area contributed by atoms with Gasteiger partial charge >= 0.3 is 0 Å². The maximum absolute atomic E-state index is 11.9. The van der Waals surface area contributed by atoms with Crippen LogP contribution in [0.3, 0.4) is 0 Å². The molecule has 128 valence electrons. The molecule has 1 heterocycles. The van der Waals surface area contributed by atoms with Crippen LogP contribution in [0.1, 0.15) is 21.6 Å². The van der Waals surface area contributed by atoms with Gasteiger partial charge in [-0.25, -0.2) is 4.68 Å². The molecule has 5 nitrogen and oxygen atoms in total. The summed E-state index contributed by atoms with van der Waals surface area (Å²) in [7, 11) is 1.59. The summed E-state index contributed by atoms with van der Waals surface area (Å²) in [5.74, 6) is 0.308. The molecule has 1 amide bonds. The zero-order valence-corrected chi connectivity index (χ0v) is 14.7. The number of halogens is 1. The lowest BCUT2D eigenvalue weighted by Gasteiger charge is -2.10. The number of benzene rings is 2. The van der Waals surface area contributed by atoms with Gasteiger partial charge in [0.1, 0.15) is 17.5 Å². The average molecular weight is 356 g/mol. The molecule has 0 aliphatic rings. The fourth-order valence-electron chi connectivity index (χ4n) is 2.50. The van der Waals surface area contributed by atoms with Gasteiger partial charge < -0.3 is 10.1 Å².